The van der Waals surface area contributed by atoms with Crippen LogP contribution in [0.1, 0.15) is 48.0 Å². The van der Waals surface area contributed by atoms with Crippen molar-refractivity contribution < 1.29 is 14.0 Å². The number of ether oxygens (including phenoxy) is 1. The van der Waals surface area contributed by atoms with Gasteiger partial charge in [-0.1, -0.05) is 34.6 Å². The summed E-state index contributed by atoms with van der Waals surface area (Å²) in [5.41, 5.74) is 0.0493. The zero-order valence-electron chi connectivity index (χ0n) is 16.4. The summed E-state index contributed by atoms with van der Waals surface area (Å²) in [5.74, 6) is 0.335. The third-order valence-corrected chi connectivity index (χ3v) is 10.2. The van der Waals surface area contributed by atoms with Crippen molar-refractivity contribution in [2.24, 2.45) is 17.3 Å². The Balaban J connectivity index is 2.66. The molecule has 4 nitrogen and oxygen atoms in total. The van der Waals surface area contributed by atoms with Crippen LogP contribution in [0.15, 0.2) is 0 Å². The van der Waals surface area contributed by atoms with Gasteiger partial charge in [0.1, 0.15) is 0 Å². The van der Waals surface area contributed by atoms with Crippen molar-refractivity contribution in [1.29, 1.82) is 0 Å². The summed E-state index contributed by atoms with van der Waals surface area (Å²) in [5, 5.41) is 3.64. The standard InChI is InChI=1S/C18H37NO3Si/c1-9-21-16(20)14-10-15(12-19-11-14)18(5,6)13-22-23(7,8)17(2,3)4/h14-15,19H,9-13H2,1-8H3. The molecule has 2 atom stereocenters. The average molecular weight is 344 g/mol. The van der Waals surface area contributed by atoms with E-state index in [1.165, 1.54) is 0 Å². The highest BCUT2D eigenvalue weighted by Gasteiger charge is 2.41. The number of carbonyl (C=O) groups excluding carboxylic acids is 1. The summed E-state index contributed by atoms with van der Waals surface area (Å²) >= 11 is 0. The maximum Gasteiger partial charge on any atom is 0.310 e. The van der Waals surface area contributed by atoms with Crippen molar-refractivity contribution in [2.75, 3.05) is 26.3 Å². The predicted octanol–water partition coefficient (Wildman–Crippen LogP) is 3.82. The molecule has 0 aromatic heterocycles. The molecule has 1 saturated heterocycles. The Morgan fingerprint density at radius 3 is 2.30 bits per heavy atom. The van der Waals surface area contributed by atoms with Gasteiger partial charge >= 0.3 is 5.97 Å². The van der Waals surface area contributed by atoms with Crippen LogP contribution in [0.25, 0.3) is 0 Å². The van der Waals surface area contributed by atoms with E-state index in [1.54, 1.807) is 0 Å². The number of piperidine rings is 1. The van der Waals surface area contributed by atoms with Gasteiger partial charge in [0.15, 0.2) is 8.32 Å². The van der Waals surface area contributed by atoms with Crippen LogP contribution in [0.5, 0.6) is 0 Å². The maximum absolute atomic E-state index is 12.0. The highest BCUT2D eigenvalue weighted by atomic mass is 28.4. The van der Waals surface area contributed by atoms with E-state index < -0.39 is 8.32 Å². The van der Waals surface area contributed by atoms with E-state index in [-0.39, 0.29) is 22.3 Å². The molecule has 136 valence electrons. The van der Waals surface area contributed by atoms with Gasteiger partial charge in [0.2, 0.25) is 0 Å². The fourth-order valence-corrected chi connectivity index (χ4v) is 3.84. The molecule has 0 aromatic carbocycles. The van der Waals surface area contributed by atoms with Crippen LogP contribution in [0.3, 0.4) is 0 Å². The zero-order chi connectivity index (χ0) is 17.9. The summed E-state index contributed by atoms with van der Waals surface area (Å²) in [6.45, 7) is 20.7. The molecular weight excluding hydrogens is 306 g/mol. The molecule has 0 aliphatic carbocycles. The first-order valence-corrected chi connectivity index (χ1v) is 11.8. The number of hydrogen-bond acceptors (Lipinski definition) is 4. The van der Waals surface area contributed by atoms with E-state index >= 15 is 0 Å². The molecule has 1 N–H and O–H groups in total. The lowest BCUT2D eigenvalue weighted by atomic mass is 9.73. The monoisotopic (exact) mass is 343 g/mol. The molecular formula is C18H37NO3Si. The van der Waals surface area contributed by atoms with E-state index in [1.807, 2.05) is 6.92 Å². The molecule has 0 aromatic rings. The number of rotatable bonds is 6. The first-order chi connectivity index (χ1) is 10.4. The van der Waals surface area contributed by atoms with Crippen molar-refractivity contribution >= 4 is 14.3 Å². The number of hydrogen-bond donors (Lipinski definition) is 1. The number of nitrogens with one attached hydrogen (secondary N) is 1. The Labute approximate surface area is 143 Å². The summed E-state index contributed by atoms with van der Waals surface area (Å²) in [4.78, 5) is 12.0. The minimum absolute atomic E-state index is 0.0270. The quantitative estimate of drug-likeness (QED) is 0.588. The third kappa shape index (κ3) is 5.57. The molecule has 5 heteroatoms. The van der Waals surface area contributed by atoms with Gasteiger partial charge in [-0.25, -0.2) is 0 Å². The van der Waals surface area contributed by atoms with Gasteiger partial charge in [-0.05, 0) is 49.4 Å². The van der Waals surface area contributed by atoms with Crippen LogP contribution in [0.4, 0.5) is 0 Å². The smallest absolute Gasteiger partial charge is 0.310 e. The topological polar surface area (TPSA) is 47.6 Å². The Bertz CT molecular complexity index is 402. The Morgan fingerprint density at radius 2 is 1.78 bits per heavy atom. The molecule has 0 bridgehead atoms. The van der Waals surface area contributed by atoms with Gasteiger partial charge in [-0.2, -0.15) is 0 Å². The third-order valence-electron chi connectivity index (χ3n) is 5.69. The summed E-state index contributed by atoms with van der Waals surface area (Å²) in [6.07, 6.45) is 0.889. The summed E-state index contributed by atoms with van der Waals surface area (Å²) in [7, 11) is -1.74. The molecule has 23 heavy (non-hydrogen) atoms. The molecule has 1 heterocycles. The second-order valence-corrected chi connectivity index (χ2v) is 13.9. The van der Waals surface area contributed by atoms with Crippen LogP contribution >= 0.6 is 0 Å². The van der Waals surface area contributed by atoms with Gasteiger partial charge in [-0.3, -0.25) is 4.79 Å². The Kier molecular flexibility index (Phi) is 6.88. The summed E-state index contributed by atoms with van der Waals surface area (Å²) < 4.78 is 11.6. The van der Waals surface area contributed by atoms with E-state index in [2.05, 4.69) is 53.0 Å². The first-order valence-electron chi connectivity index (χ1n) is 8.92. The second kappa shape index (κ2) is 7.66. The van der Waals surface area contributed by atoms with Crippen molar-refractivity contribution in [2.45, 2.75) is 66.1 Å². The lowest BCUT2D eigenvalue weighted by Gasteiger charge is -2.43. The lowest BCUT2D eigenvalue weighted by molar-refractivity contribution is -0.149. The molecule has 1 rings (SSSR count). The van der Waals surface area contributed by atoms with E-state index in [0.29, 0.717) is 12.5 Å². The van der Waals surface area contributed by atoms with Crippen LogP contribution in [0.2, 0.25) is 18.1 Å². The van der Waals surface area contributed by atoms with E-state index in [9.17, 15) is 4.79 Å². The van der Waals surface area contributed by atoms with Gasteiger partial charge in [0.25, 0.3) is 0 Å². The molecule has 1 fully saturated rings. The minimum atomic E-state index is -1.74. The second-order valence-electron chi connectivity index (χ2n) is 9.08. The van der Waals surface area contributed by atoms with Crippen molar-refractivity contribution in [1.82, 2.24) is 5.32 Å². The van der Waals surface area contributed by atoms with Crippen LogP contribution in [-0.4, -0.2) is 40.6 Å². The summed E-state index contributed by atoms with van der Waals surface area (Å²) in [6, 6.07) is 0. The molecule has 1 aliphatic rings. The van der Waals surface area contributed by atoms with Crippen molar-refractivity contribution in [3.63, 3.8) is 0 Å². The maximum atomic E-state index is 12.0. The lowest BCUT2D eigenvalue weighted by Crippen LogP contribution is -2.49. The fourth-order valence-electron chi connectivity index (χ4n) is 2.68. The van der Waals surface area contributed by atoms with E-state index in [4.69, 9.17) is 9.16 Å². The predicted molar refractivity (Wildman–Crippen MR) is 98.0 cm³/mol. The number of esters is 1. The van der Waals surface area contributed by atoms with Gasteiger partial charge in [-0.15, -0.1) is 0 Å². The van der Waals surface area contributed by atoms with E-state index in [0.717, 1.165) is 26.1 Å². The highest BCUT2D eigenvalue weighted by Crippen LogP contribution is 2.40. The zero-order valence-corrected chi connectivity index (χ0v) is 17.4. The fraction of sp³-hybridized carbons (Fsp3) is 0.944. The normalized spacial score (nSPS) is 23.7. The molecule has 0 radical (unpaired) electrons. The SMILES string of the molecule is CCOC(=O)C1CNCC(C(C)(C)CO[Si](C)(C)C(C)(C)C)C1. The molecule has 0 amide bonds. The van der Waals surface area contributed by atoms with Crippen molar-refractivity contribution in [3.8, 4) is 0 Å². The minimum Gasteiger partial charge on any atom is -0.466 e. The molecule has 0 spiro atoms. The Morgan fingerprint density at radius 1 is 1.17 bits per heavy atom. The molecule has 1 aliphatic heterocycles. The van der Waals surface area contributed by atoms with Crippen molar-refractivity contribution in [3.05, 3.63) is 0 Å². The first kappa shape index (κ1) is 20.7. The van der Waals surface area contributed by atoms with Crippen LogP contribution in [-0.2, 0) is 14.0 Å². The highest BCUT2D eigenvalue weighted by molar-refractivity contribution is 6.74. The van der Waals surface area contributed by atoms with Gasteiger partial charge < -0.3 is 14.5 Å². The Hall–Kier alpha value is -0.393. The van der Waals surface area contributed by atoms with Gasteiger partial charge in [0.05, 0.1) is 12.5 Å². The van der Waals surface area contributed by atoms with Crippen LogP contribution in [0, 0.1) is 17.3 Å². The molecule has 0 saturated carbocycles. The average Bonchev–Trinajstić information content (AvgIpc) is 2.45. The number of carbonyl (C=O) groups is 1. The molecule has 2 unspecified atom stereocenters. The largest absolute Gasteiger partial charge is 0.466 e. The van der Waals surface area contributed by atoms with Crippen LogP contribution < -0.4 is 5.32 Å². The van der Waals surface area contributed by atoms with Gasteiger partial charge in [0, 0.05) is 13.2 Å².